The van der Waals surface area contributed by atoms with Crippen LogP contribution < -0.4 is 5.32 Å². The first-order chi connectivity index (χ1) is 10.9. The second-order valence-electron chi connectivity index (χ2n) is 5.95. The number of hydrogen-bond donors (Lipinski definition) is 2. The molecule has 0 aliphatic carbocycles. The molecule has 0 unspecified atom stereocenters. The summed E-state index contributed by atoms with van der Waals surface area (Å²) in [5.41, 5.74) is -1.85. The van der Waals surface area contributed by atoms with Crippen LogP contribution in [0.15, 0.2) is 29.8 Å². The van der Waals surface area contributed by atoms with Gasteiger partial charge in [-0.2, -0.15) is 13.2 Å². The Kier molecular flexibility index (Phi) is 6.00. The topological polar surface area (TPSA) is 75.6 Å². The van der Waals surface area contributed by atoms with Gasteiger partial charge in [-0.3, -0.25) is 0 Å². The molecule has 0 spiro atoms. The summed E-state index contributed by atoms with van der Waals surface area (Å²) in [6.45, 7) is 4.54. The van der Waals surface area contributed by atoms with E-state index in [1.807, 2.05) is 0 Å². The molecule has 0 heterocycles. The van der Waals surface area contributed by atoms with Crippen LogP contribution in [0.3, 0.4) is 0 Å². The van der Waals surface area contributed by atoms with Crippen molar-refractivity contribution in [3.63, 3.8) is 0 Å². The molecule has 132 valence electrons. The highest BCUT2D eigenvalue weighted by atomic mass is 19.4. The van der Waals surface area contributed by atoms with Gasteiger partial charge in [0.2, 0.25) is 0 Å². The second-order valence-corrected chi connectivity index (χ2v) is 5.95. The number of carbonyl (C=O) groups is 2. The zero-order valence-electron chi connectivity index (χ0n) is 13.4. The normalized spacial score (nSPS) is 12.7. The molecule has 8 heteroatoms. The van der Waals surface area contributed by atoms with Gasteiger partial charge in [0.15, 0.2) is 0 Å². The van der Waals surface area contributed by atoms with Crippen LogP contribution in [0.2, 0.25) is 0 Å². The number of carboxylic acids is 1. The Hall–Kier alpha value is -2.51. The van der Waals surface area contributed by atoms with Gasteiger partial charge in [-0.25, -0.2) is 9.59 Å². The van der Waals surface area contributed by atoms with E-state index < -0.39 is 29.4 Å². The van der Waals surface area contributed by atoms with Crippen molar-refractivity contribution in [1.29, 1.82) is 0 Å². The van der Waals surface area contributed by atoms with Crippen LogP contribution in [-0.4, -0.2) is 29.3 Å². The standard InChI is InChI=1S/C16H18F3NO4/c1-15(2,3)24-14(23)20-9-11(13(21)22)7-10-5-4-6-12(8-10)16(17,18)19/h4-8H,9H2,1-3H3,(H,20,23)(H,21,22). The van der Waals surface area contributed by atoms with Crippen LogP contribution in [-0.2, 0) is 15.7 Å². The van der Waals surface area contributed by atoms with Crippen molar-refractivity contribution in [3.05, 3.63) is 41.0 Å². The van der Waals surface area contributed by atoms with Gasteiger partial charge in [-0.15, -0.1) is 0 Å². The van der Waals surface area contributed by atoms with Crippen LogP contribution in [0.1, 0.15) is 31.9 Å². The Balaban J connectivity index is 2.91. The molecule has 0 saturated heterocycles. The number of alkyl halides is 3. The molecule has 1 amide bonds. The molecule has 1 aromatic rings. The summed E-state index contributed by atoms with van der Waals surface area (Å²) in [6.07, 6.45) is -4.28. The van der Waals surface area contributed by atoms with Gasteiger partial charge in [0.1, 0.15) is 5.60 Å². The SMILES string of the molecule is CC(C)(C)OC(=O)NCC(=Cc1cccc(C(F)(F)F)c1)C(=O)O. The van der Waals surface area contributed by atoms with Crippen LogP contribution in [0, 0.1) is 0 Å². The molecule has 0 saturated carbocycles. The molecule has 1 rings (SSSR count). The first kappa shape index (κ1) is 19.5. The van der Waals surface area contributed by atoms with E-state index in [0.29, 0.717) is 0 Å². The molecule has 0 aromatic heterocycles. The minimum Gasteiger partial charge on any atom is -0.478 e. The van der Waals surface area contributed by atoms with Crippen molar-refractivity contribution in [2.24, 2.45) is 0 Å². The number of carboxylic acid groups (broad SMARTS) is 1. The fraction of sp³-hybridized carbons (Fsp3) is 0.375. The number of benzene rings is 1. The lowest BCUT2D eigenvalue weighted by atomic mass is 10.1. The number of nitrogens with one attached hydrogen (secondary N) is 1. The average molecular weight is 345 g/mol. The van der Waals surface area contributed by atoms with Crippen molar-refractivity contribution in [1.82, 2.24) is 5.32 Å². The van der Waals surface area contributed by atoms with E-state index in [9.17, 15) is 22.8 Å². The largest absolute Gasteiger partial charge is 0.478 e. The number of carbonyl (C=O) groups excluding carboxylic acids is 1. The summed E-state index contributed by atoms with van der Waals surface area (Å²) < 4.78 is 43.0. The third kappa shape index (κ3) is 6.72. The van der Waals surface area contributed by atoms with E-state index in [1.165, 1.54) is 12.1 Å². The highest BCUT2D eigenvalue weighted by Gasteiger charge is 2.30. The van der Waals surface area contributed by atoms with Gasteiger partial charge < -0.3 is 15.2 Å². The lowest BCUT2D eigenvalue weighted by molar-refractivity contribution is -0.137. The van der Waals surface area contributed by atoms with Crippen molar-refractivity contribution in [2.45, 2.75) is 32.5 Å². The number of ether oxygens (including phenoxy) is 1. The number of hydrogen-bond acceptors (Lipinski definition) is 3. The van der Waals surface area contributed by atoms with E-state index in [2.05, 4.69) is 5.32 Å². The first-order valence-corrected chi connectivity index (χ1v) is 6.96. The van der Waals surface area contributed by atoms with E-state index in [1.54, 1.807) is 20.8 Å². The van der Waals surface area contributed by atoms with Gasteiger partial charge in [-0.05, 0) is 44.5 Å². The van der Waals surface area contributed by atoms with Gasteiger partial charge in [0, 0.05) is 0 Å². The number of aliphatic carboxylic acids is 1. The quantitative estimate of drug-likeness (QED) is 0.816. The van der Waals surface area contributed by atoms with E-state index >= 15 is 0 Å². The smallest absolute Gasteiger partial charge is 0.416 e. The van der Waals surface area contributed by atoms with Crippen LogP contribution in [0.5, 0.6) is 0 Å². The number of amides is 1. The first-order valence-electron chi connectivity index (χ1n) is 6.96. The Morgan fingerprint density at radius 2 is 1.88 bits per heavy atom. The molecule has 0 fully saturated rings. The van der Waals surface area contributed by atoms with Gasteiger partial charge in [-0.1, -0.05) is 12.1 Å². The predicted molar refractivity (Wildman–Crippen MR) is 81.3 cm³/mol. The minimum atomic E-state index is -4.53. The fourth-order valence-corrected chi connectivity index (χ4v) is 1.68. The highest BCUT2D eigenvalue weighted by Crippen LogP contribution is 2.29. The molecule has 0 aliphatic rings. The summed E-state index contributed by atoms with van der Waals surface area (Å²) >= 11 is 0. The van der Waals surface area contributed by atoms with Gasteiger partial charge in [0.25, 0.3) is 0 Å². The third-order valence-corrected chi connectivity index (χ3v) is 2.65. The van der Waals surface area contributed by atoms with Crippen LogP contribution in [0.4, 0.5) is 18.0 Å². The summed E-state index contributed by atoms with van der Waals surface area (Å²) in [4.78, 5) is 22.7. The highest BCUT2D eigenvalue weighted by molar-refractivity contribution is 5.93. The Bertz CT molecular complexity index is 645. The lowest BCUT2D eigenvalue weighted by Crippen LogP contribution is -2.34. The van der Waals surface area contributed by atoms with E-state index in [0.717, 1.165) is 18.2 Å². The Morgan fingerprint density at radius 1 is 1.25 bits per heavy atom. The monoisotopic (exact) mass is 345 g/mol. The molecule has 5 nitrogen and oxygen atoms in total. The summed E-state index contributed by atoms with van der Waals surface area (Å²) in [7, 11) is 0. The Labute approximate surface area is 137 Å². The summed E-state index contributed by atoms with van der Waals surface area (Å²) in [6, 6.07) is 4.23. The molecule has 2 N–H and O–H groups in total. The van der Waals surface area contributed by atoms with Crippen molar-refractivity contribution >= 4 is 18.1 Å². The fourth-order valence-electron chi connectivity index (χ4n) is 1.68. The molecule has 0 atom stereocenters. The van der Waals surface area contributed by atoms with Gasteiger partial charge in [0.05, 0.1) is 17.7 Å². The number of rotatable bonds is 4. The molecule has 0 radical (unpaired) electrons. The number of halogens is 3. The molecular weight excluding hydrogens is 327 g/mol. The number of alkyl carbamates (subject to hydrolysis) is 1. The van der Waals surface area contributed by atoms with E-state index in [-0.39, 0.29) is 17.7 Å². The molecule has 0 aliphatic heterocycles. The molecule has 1 aromatic carbocycles. The molecular formula is C16H18F3NO4. The second kappa shape index (κ2) is 7.37. The van der Waals surface area contributed by atoms with Crippen molar-refractivity contribution in [2.75, 3.05) is 6.54 Å². The maximum absolute atomic E-state index is 12.7. The zero-order valence-corrected chi connectivity index (χ0v) is 13.4. The van der Waals surface area contributed by atoms with Gasteiger partial charge >= 0.3 is 18.2 Å². The zero-order chi connectivity index (χ0) is 18.5. The maximum Gasteiger partial charge on any atom is 0.416 e. The van der Waals surface area contributed by atoms with E-state index in [4.69, 9.17) is 9.84 Å². The Morgan fingerprint density at radius 3 is 2.38 bits per heavy atom. The van der Waals surface area contributed by atoms with Crippen molar-refractivity contribution in [3.8, 4) is 0 Å². The van der Waals surface area contributed by atoms with Crippen LogP contribution >= 0.6 is 0 Å². The summed E-state index contributed by atoms with van der Waals surface area (Å²) in [5, 5.41) is 11.4. The summed E-state index contributed by atoms with van der Waals surface area (Å²) in [5.74, 6) is -1.36. The predicted octanol–water partition coefficient (Wildman–Crippen LogP) is 3.70. The minimum absolute atomic E-state index is 0.0632. The lowest BCUT2D eigenvalue weighted by Gasteiger charge is -2.19. The maximum atomic E-state index is 12.7. The van der Waals surface area contributed by atoms with Crippen molar-refractivity contribution < 1.29 is 32.6 Å². The average Bonchev–Trinajstić information content (AvgIpc) is 2.40. The molecule has 0 bridgehead atoms. The molecule has 24 heavy (non-hydrogen) atoms. The van der Waals surface area contributed by atoms with Crippen LogP contribution in [0.25, 0.3) is 6.08 Å². The third-order valence-electron chi connectivity index (χ3n) is 2.65.